The minimum absolute atomic E-state index is 0.0516. The number of amides is 1. The molecule has 1 aliphatic carbocycles. The molecule has 0 unspecified atom stereocenters. The van der Waals surface area contributed by atoms with Crippen LogP contribution < -0.4 is 5.32 Å². The molecule has 0 spiro atoms. The standard InChI is InChI=1S/C17H21NO3/c19-16(11-7-13-3-1-2-4-13)18-15-9-5-14(6-10-15)8-12-17(20)21/h5-6,8-10,12-13H,1-4,7,11H2,(H,18,19)(H,20,21)/b12-8+. The maximum atomic E-state index is 11.9. The number of rotatable bonds is 6. The lowest BCUT2D eigenvalue weighted by Crippen LogP contribution is -2.12. The molecule has 0 aromatic heterocycles. The van der Waals surface area contributed by atoms with Gasteiger partial charge >= 0.3 is 5.97 Å². The SMILES string of the molecule is O=C(O)/C=C/c1ccc(NC(=O)CCC2CCCC2)cc1. The fourth-order valence-corrected chi connectivity index (χ4v) is 2.70. The molecule has 1 amide bonds. The van der Waals surface area contributed by atoms with E-state index in [0.29, 0.717) is 6.42 Å². The molecule has 1 saturated carbocycles. The van der Waals surface area contributed by atoms with E-state index in [4.69, 9.17) is 5.11 Å². The fraction of sp³-hybridized carbons (Fsp3) is 0.412. The van der Waals surface area contributed by atoms with Gasteiger partial charge in [0.1, 0.15) is 0 Å². The van der Waals surface area contributed by atoms with Gasteiger partial charge in [-0.2, -0.15) is 0 Å². The zero-order valence-electron chi connectivity index (χ0n) is 12.0. The van der Waals surface area contributed by atoms with Gasteiger partial charge in [-0.3, -0.25) is 4.79 Å². The van der Waals surface area contributed by atoms with E-state index in [9.17, 15) is 9.59 Å². The van der Waals surface area contributed by atoms with Crippen molar-refractivity contribution in [2.45, 2.75) is 38.5 Å². The molecule has 112 valence electrons. The first-order valence-electron chi connectivity index (χ1n) is 7.44. The minimum atomic E-state index is -0.973. The predicted molar refractivity (Wildman–Crippen MR) is 82.9 cm³/mol. The normalized spacial score (nSPS) is 15.4. The smallest absolute Gasteiger partial charge is 0.328 e. The summed E-state index contributed by atoms with van der Waals surface area (Å²) in [5.74, 6) is -0.200. The Labute approximate surface area is 124 Å². The van der Waals surface area contributed by atoms with Crippen molar-refractivity contribution in [3.05, 3.63) is 35.9 Å². The highest BCUT2D eigenvalue weighted by Crippen LogP contribution is 2.28. The van der Waals surface area contributed by atoms with E-state index >= 15 is 0 Å². The van der Waals surface area contributed by atoms with Gasteiger partial charge in [-0.25, -0.2) is 4.79 Å². The van der Waals surface area contributed by atoms with Crippen molar-refractivity contribution in [3.63, 3.8) is 0 Å². The van der Waals surface area contributed by atoms with Gasteiger partial charge in [-0.1, -0.05) is 37.8 Å². The van der Waals surface area contributed by atoms with Crippen LogP contribution in [0.1, 0.15) is 44.1 Å². The van der Waals surface area contributed by atoms with Gasteiger partial charge in [0.05, 0.1) is 0 Å². The summed E-state index contributed by atoms with van der Waals surface area (Å²) in [6.07, 6.45) is 9.30. The highest BCUT2D eigenvalue weighted by atomic mass is 16.4. The predicted octanol–water partition coefficient (Wildman–Crippen LogP) is 3.69. The van der Waals surface area contributed by atoms with Crippen molar-refractivity contribution in [1.82, 2.24) is 0 Å². The summed E-state index contributed by atoms with van der Waals surface area (Å²) >= 11 is 0. The van der Waals surface area contributed by atoms with Crippen LogP contribution >= 0.6 is 0 Å². The van der Waals surface area contributed by atoms with Crippen LogP contribution in [0.25, 0.3) is 6.08 Å². The first-order valence-corrected chi connectivity index (χ1v) is 7.44. The zero-order valence-corrected chi connectivity index (χ0v) is 12.0. The Balaban J connectivity index is 1.79. The van der Waals surface area contributed by atoms with Crippen molar-refractivity contribution < 1.29 is 14.7 Å². The van der Waals surface area contributed by atoms with Crippen molar-refractivity contribution in [3.8, 4) is 0 Å². The van der Waals surface area contributed by atoms with E-state index in [1.54, 1.807) is 24.3 Å². The number of hydrogen-bond acceptors (Lipinski definition) is 2. The lowest BCUT2D eigenvalue weighted by molar-refractivity contribution is -0.131. The third kappa shape index (κ3) is 5.42. The van der Waals surface area contributed by atoms with Gasteiger partial charge in [0.2, 0.25) is 5.91 Å². The summed E-state index contributed by atoms with van der Waals surface area (Å²) < 4.78 is 0. The molecule has 0 radical (unpaired) electrons. The van der Waals surface area contributed by atoms with Gasteiger partial charge in [0, 0.05) is 18.2 Å². The number of hydrogen-bond donors (Lipinski definition) is 2. The Morgan fingerprint density at radius 3 is 2.48 bits per heavy atom. The summed E-state index contributed by atoms with van der Waals surface area (Å²) in [5, 5.41) is 11.4. The molecule has 21 heavy (non-hydrogen) atoms. The summed E-state index contributed by atoms with van der Waals surface area (Å²) in [6.45, 7) is 0. The van der Waals surface area contributed by atoms with E-state index in [1.165, 1.54) is 31.8 Å². The molecule has 1 aromatic carbocycles. The van der Waals surface area contributed by atoms with E-state index in [-0.39, 0.29) is 5.91 Å². The van der Waals surface area contributed by atoms with Crippen LogP contribution in [0.5, 0.6) is 0 Å². The molecule has 2 N–H and O–H groups in total. The number of aliphatic carboxylic acids is 1. The third-order valence-electron chi connectivity index (χ3n) is 3.87. The quantitative estimate of drug-likeness (QED) is 0.784. The van der Waals surface area contributed by atoms with E-state index < -0.39 is 5.97 Å². The van der Waals surface area contributed by atoms with E-state index in [1.807, 2.05) is 0 Å². The van der Waals surface area contributed by atoms with Gasteiger partial charge in [-0.05, 0) is 36.1 Å². The van der Waals surface area contributed by atoms with E-state index in [0.717, 1.165) is 29.7 Å². The van der Waals surface area contributed by atoms with Crippen LogP contribution in [-0.2, 0) is 9.59 Å². The molecule has 1 aliphatic rings. The highest BCUT2D eigenvalue weighted by Gasteiger charge is 2.16. The topological polar surface area (TPSA) is 66.4 Å². The van der Waals surface area contributed by atoms with Crippen molar-refractivity contribution in [2.75, 3.05) is 5.32 Å². The lowest BCUT2D eigenvalue weighted by Gasteiger charge is -2.09. The minimum Gasteiger partial charge on any atom is -0.478 e. The number of carboxylic acid groups (broad SMARTS) is 1. The Morgan fingerprint density at radius 2 is 1.86 bits per heavy atom. The number of anilines is 1. The molecular formula is C17H21NO3. The fourth-order valence-electron chi connectivity index (χ4n) is 2.70. The Hall–Kier alpha value is -2.10. The maximum absolute atomic E-state index is 11.9. The molecule has 4 heteroatoms. The average molecular weight is 287 g/mol. The Kier molecular flexibility index (Phi) is 5.55. The van der Waals surface area contributed by atoms with Crippen molar-refractivity contribution >= 4 is 23.6 Å². The molecule has 0 atom stereocenters. The molecule has 0 aliphatic heterocycles. The second-order valence-electron chi connectivity index (χ2n) is 5.53. The van der Waals surface area contributed by atoms with Gasteiger partial charge < -0.3 is 10.4 Å². The molecule has 0 bridgehead atoms. The first-order chi connectivity index (χ1) is 10.1. The van der Waals surface area contributed by atoms with Crippen LogP contribution in [0.3, 0.4) is 0 Å². The van der Waals surface area contributed by atoms with Crippen molar-refractivity contribution in [1.29, 1.82) is 0 Å². The first kappa shape index (κ1) is 15.3. The molecule has 4 nitrogen and oxygen atoms in total. The second kappa shape index (κ2) is 7.62. The van der Waals surface area contributed by atoms with Crippen LogP contribution in [-0.4, -0.2) is 17.0 Å². The van der Waals surface area contributed by atoms with Crippen LogP contribution in [0.2, 0.25) is 0 Å². The van der Waals surface area contributed by atoms with Crippen LogP contribution in [0.15, 0.2) is 30.3 Å². The monoisotopic (exact) mass is 287 g/mol. The van der Waals surface area contributed by atoms with Crippen LogP contribution in [0.4, 0.5) is 5.69 Å². The zero-order chi connectivity index (χ0) is 15.1. The summed E-state index contributed by atoms with van der Waals surface area (Å²) in [6, 6.07) is 7.14. The Bertz CT molecular complexity index is 513. The van der Waals surface area contributed by atoms with Gasteiger partial charge in [-0.15, -0.1) is 0 Å². The highest BCUT2D eigenvalue weighted by molar-refractivity contribution is 5.91. The van der Waals surface area contributed by atoms with Gasteiger partial charge in [0.25, 0.3) is 0 Å². The summed E-state index contributed by atoms with van der Waals surface area (Å²) in [5.41, 5.74) is 1.54. The summed E-state index contributed by atoms with van der Waals surface area (Å²) in [4.78, 5) is 22.3. The molecule has 0 heterocycles. The largest absolute Gasteiger partial charge is 0.478 e. The average Bonchev–Trinajstić information content (AvgIpc) is 2.98. The molecule has 2 rings (SSSR count). The van der Waals surface area contributed by atoms with E-state index in [2.05, 4.69) is 5.32 Å². The second-order valence-corrected chi connectivity index (χ2v) is 5.53. The van der Waals surface area contributed by atoms with Crippen LogP contribution in [0, 0.1) is 5.92 Å². The number of benzene rings is 1. The lowest BCUT2D eigenvalue weighted by atomic mass is 10.0. The Morgan fingerprint density at radius 1 is 1.19 bits per heavy atom. The number of carbonyl (C=O) groups is 2. The summed E-state index contributed by atoms with van der Waals surface area (Å²) in [7, 11) is 0. The molecule has 0 saturated heterocycles. The number of nitrogens with one attached hydrogen (secondary N) is 1. The third-order valence-corrected chi connectivity index (χ3v) is 3.87. The van der Waals surface area contributed by atoms with Crippen molar-refractivity contribution in [2.24, 2.45) is 5.92 Å². The molecule has 1 aromatic rings. The number of carbonyl (C=O) groups excluding carboxylic acids is 1. The maximum Gasteiger partial charge on any atom is 0.328 e. The van der Waals surface area contributed by atoms with Gasteiger partial charge in [0.15, 0.2) is 0 Å². The molecular weight excluding hydrogens is 266 g/mol. The number of carboxylic acids is 1. The molecule has 1 fully saturated rings.